The van der Waals surface area contributed by atoms with Crippen molar-refractivity contribution in [1.29, 1.82) is 5.26 Å². The zero-order valence-corrected chi connectivity index (χ0v) is 8.60. The van der Waals surface area contributed by atoms with Crippen molar-refractivity contribution in [2.24, 2.45) is 0 Å². The zero-order valence-electron chi connectivity index (χ0n) is 7.84. The van der Waals surface area contributed by atoms with Crippen LogP contribution in [-0.2, 0) is 6.42 Å². The lowest BCUT2D eigenvalue weighted by Gasteiger charge is -2.07. The van der Waals surface area contributed by atoms with Crippen LogP contribution in [0.3, 0.4) is 0 Å². The van der Waals surface area contributed by atoms with E-state index in [1.165, 1.54) is 5.56 Å². The number of nitriles is 1. The number of hydrogen-bond acceptors (Lipinski definition) is 1. The maximum atomic E-state index is 8.55. The maximum Gasteiger partial charge on any atom is 0.0669 e. The SMILES string of the molecule is CC(C)c1cc(Cl)cc(CC#N)c1. The lowest BCUT2D eigenvalue weighted by atomic mass is 10.00. The van der Waals surface area contributed by atoms with Gasteiger partial charge in [0.15, 0.2) is 0 Å². The van der Waals surface area contributed by atoms with Crippen LogP contribution in [0.5, 0.6) is 0 Å². The molecule has 0 radical (unpaired) electrons. The summed E-state index contributed by atoms with van der Waals surface area (Å²) in [4.78, 5) is 0. The van der Waals surface area contributed by atoms with Crippen molar-refractivity contribution in [3.05, 3.63) is 34.3 Å². The lowest BCUT2D eigenvalue weighted by Crippen LogP contribution is -1.90. The predicted molar refractivity (Wildman–Crippen MR) is 54.9 cm³/mol. The summed E-state index contributed by atoms with van der Waals surface area (Å²) in [5, 5.41) is 9.27. The van der Waals surface area contributed by atoms with E-state index in [9.17, 15) is 0 Å². The van der Waals surface area contributed by atoms with Gasteiger partial charge in [0.2, 0.25) is 0 Å². The Morgan fingerprint density at radius 1 is 1.38 bits per heavy atom. The van der Waals surface area contributed by atoms with Crippen molar-refractivity contribution in [2.75, 3.05) is 0 Å². The van der Waals surface area contributed by atoms with Crippen molar-refractivity contribution in [3.8, 4) is 6.07 Å². The molecule has 0 unspecified atom stereocenters. The molecule has 0 N–H and O–H groups in total. The Bertz CT molecular complexity index is 336. The Balaban J connectivity index is 3.05. The summed E-state index contributed by atoms with van der Waals surface area (Å²) in [6.07, 6.45) is 0.431. The lowest BCUT2D eigenvalue weighted by molar-refractivity contribution is 0.864. The van der Waals surface area contributed by atoms with Gasteiger partial charge in [0.05, 0.1) is 12.5 Å². The predicted octanol–water partition coefficient (Wildman–Crippen LogP) is 3.53. The van der Waals surface area contributed by atoms with E-state index in [1.54, 1.807) is 0 Å². The molecule has 0 heterocycles. The van der Waals surface area contributed by atoms with Crippen LogP contribution in [0, 0.1) is 11.3 Å². The van der Waals surface area contributed by atoms with Gasteiger partial charge in [0.25, 0.3) is 0 Å². The Hall–Kier alpha value is -1.00. The van der Waals surface area contributed by atoms with Crippen molar-refractivity contribution in [1.82, 2.24) is 0 Å². The molecule has 13 heavy (non-hydrogen) atoms. The molecular weight excluding hydrogens is 182 g/mol. The van der Waals surface area contributed by atoms with E-state index in [0.29, 0.717) is 12.3 Å². The summed E-state index contributed by atoms with van der Waals surface area (Å²) in [5.74, 6) is 0.455. The summed E-state index contributed by atoms with van der Waals surface area (Å²) < 4.78 is 0. The second-order valence-electron chi connectivity index (χ2n) is 3.38. The van der Waals surface area contributed by atoms with E-state index < -0.39 is 0 Å². The molecule has 1 rings (SSSR count). The van der Waals surface area contributed by atoms with Crippen LogP contribution in [0.4, 0.5) is 0 Å². The van der Waals surface area contributed by atoms with Gasteiger partial charge < -0.3 is 0 Å². The third kappa shape index (κ3) is 2.75. The van der Waals surface area contributed by atoms with Gasteiger partial charge in [0, 0.05) is 5.02 Å². The van der Waals surface area contributed by atoms with Crippen LogP contribution in [0.2, 0.25) is 5.02 Å². The Morgan fingerprint density at radius 3 is 2.62 bits per heavy atom. The first kappa shape index (κ1) is 10.1. The highest BCUT2D eigenvalue weighted by Crippen LogP contribution is 2.21. The second kappa shape index (κ2) is 4.30. The second-order valence-corrected chi connectivity index (χ2v) is 3.82. The van der Waals surface area contributed by atoms with Gasteiger partial charge in [-0.25, -0.2) is 0 Å². The summed E-state index contributed by atoms with van der Waals surface area (Å²) in [5.41, 5.74) is 2.19. The fourth-order valence-electron chi connectivity index (χ4n) is 1.20. The standard InChI is InChI=1S/C11H12ClN/c1-8(2)10-5-9(3-4-13)6-11(12)7-10/h5-8H,3H2,1-2H3. The molecule has 0 fully saturated rings. The minimum Gasteiger partial charge on any atom is -0.198 e. The Labute approximate surface area is 84.0 Å². The highest BCUT2D eigenvalue weighted by atomic mass is 35.5. The molecule has 0 aromatic heterocycles. The monoisotopic (exact) mass is 193 g/mol. The maximum absolute atomic E-state index is 8.55. The molecule has 1 aromatic carbocycles. The molecule has 2 heteroatoms. The number of hydrogen-bond donors (Lipinski definition) is 0. The van der Waals surface area contributed by atoms with E-state index in [0.717, 1.165) is 10.6 Å². The molecule has 68 valence electrons. The van der Waals surface area contributed by atoms with E-state index in [-0.39, 0.29) is 0 Å². The van der Waals surface area contributed by atoms with Crippen LogP contribution in [0.15, 0.2) is 18.2 Å². The van der Waals surface area contributed by atoms with E-state index >= 15 is 0 Å². The number of rotatable bonds is 2. The summed E-state index contributed by atoms with van der Waals surface area (Å²) >= 11 is 5.92. The topological polar surface area (TPSA) is 23.8 Å². The average Bonchev–Trinajstić information content (AvgIpc) is 2.03. The Kier molecular flexibility index (Phi) is 3.33. The fraction of sp³-hybridized carbons (Fsp3) is 0.364. The molecule has 0 atom stereocenters. The highest BCUT2D eigenvalue weighted by Gasteiger charge is 2.02. The molecule has 0 amide bonds. The largest absolute Gasteiger partial charge is 0.198 e. The van der Waals surface area contributed by atoms with Gasteiger partial charge in [0.1, 0.15) is 0 Å². The summed E-state index contributed by atoms with van der Waals surface area (Å²) in [7, 11) is 0. The highest BCUT2D eigenvalue weighted by molar-refractivity contribution is 6.30. The number of benzene rings is 1. The first-order chi connectivity index (χ1) is 6.13. The van der Waals surface area contributed by atoms with Crippen molar-refractivity contribution < 1.29 is 0 Å². The van der Waals surface area contributed by atoms with Crippen LogP contribution in [-0.4, -0.2) is 0 Å². The molecule has 0 aliphatic heterocycles. The van der Waals surface area contributed by atoms with Gasteiger partial charge in [-0.1, -0.05) is 31.5 Å². The molecule has 0 saturated carbocycles. The minimum atomic E-state index is 0.431. The van der Waals surface area contributed by atoms with Gasteiger partial charge >= 0.3 is 0 Å². The normalized spacial score (nSPS) is 10.1. The van der Waals surface area contributed by atoms with Crippen molar-refractivity contribution >= 4 is 11.6 Å². The zero-order chi connectivity index (χ0) is 9.84. The molecule has 0 spiro atoms. The van der Waals surface area contributed by atoms with E-state index in [1.807, 2.05) is 18.2 Å². The third-order valence-corrected chi connectivity index (χ3v) is 2.15. The molecule has 0 bridgehead atoms. The van der Waals surface area contributed by atoms with Crippen LogP contribution in [0.25, 0.3) is 0 Å². The summed E-state index contributed by atoms with van der Waals surface area (Å²) in [6.45, 7) is 4.23. The van der Waals surface area contributed by atoms with Crippen molar-refractivity contribution in [3.63, 3.8) is 0 Å². The minimum absolute atomic E-state index is 0.431. The number of nitrogens with zero attached hydrogens (tertiary/aromatic N) is 1. The molecule has 0 saturated heterocycles. The smallest absolute Gasteiger partial charge is 0.0669 e. The van der Waals surface area contributed by atoms with Gasteiger partial charge in [-0.2, -0.15) is 5.26 Å². The van der Waals surface area contributed by atoms with Gasteiger partial charge in [-0.15, -0.1) is 0 Å². The van der Waals surface area contributed by atoms with E-state index in [2.05, 4.69) is 19.9 Å². The van der Waals surface area contributed by atoms with E-state index in [4.69, 9.17) is 16.9 Å². The van der Waals surface area contributed by atoms with Crippen molar-refractivity contribution in [2.45, 2.75) is 26.2 Å². The molecule has 1 nitrogen and oxygen atoms in total. The van der Waals surface area contributed by atoms with Crippen LogP contribution >= 0.6 is 11.6 Å². The Morgan fingerprint density at radius 2 is 2.08 bits per heavy atom. The average molecular weight is 194 g/mol. The summed E-state index contributed by atoms with van der Waals surface area (Å²) in [6, 6.07) is 7.96. The van der Waals surface area contributed by atoms with Gasteiger partial charge in [-0.05, 0) is 29.2 Å². The first-order valence-electron chi connectivity index (χ1n) is 4.30. The molecular formula is C11H12ClN. The third-order valence-electron chi connectivity index (χ3n) is 1.93. The molecule has 1 aromatic rings. The first-order valence-corrected chi connectivity index (χ1v) is 4.67. The van der Waals surface area contributed by atoms with Gasteiger partial charge in [-0.3, -0.25) is 0 Å². The number of halogens is 1. The fourth-order valence-corrected chi connectivity index (χ4v) is 1.47. The molecule has 0 aliphatic carbocycles. The molecule has 0 aliphatic rings. The van der Waals surface area contributed by atoms with Crippen LogP contribution < -0.4 is 0 Å². The van der Waals surface area contributed by atoms with Crippen LogP contribution in [0.1, 0.15) is 30.9 Å². The quantitative estimate of drug-likeness (QED) is 0.705.